The van der Waals surface area contributed by atoms with Gasteiger partial charge >= 0.3 is 23.9 Å². The fourth-order valence-corrected chi connectivity index (χ4v) is 3.34. The maximum atomic E-state index is 12.4. The Bertz CT molecular complexity index is 1140. The summed E-state index contributed by atoms with van der Waals surface area (Å²) in [6.07, 6.45) is -0.716. The Morgan fingerprint density at radius 1 is 1.03 bits per heavy atom. The van der Waals surface area contributed by atoms with Crippen molar-refractivity contribution in [2.45, 2.75) is 39.0 Å². The van der Waals surface area contributed by atoms with Crippen molar-refractivity contribution in [3.05, 3.63) is 58.6 Å². The molecule has 1 heterocycles. The summed E-state index contributed by atoms with van der Waals surface area (Å²) in [4.78, 5) is 50.5. The topological polar surface area (TPSA) is 123 Å². The van der Waals surface area contributed by atoms with E-state index >= 15 is 0 Å². The van der Waals surface area contributed by atoms with Gasteiger partial charge in [-0.2, -0.15) is 0 Å². The molecule has 2 aromatic rings. The standard InChI is InChI=1S/C25H28ClN3O7/c1-25(2,3)36-24(33)29-13-18(14-29)35-17-9-10-20(19(11-17)23(32)34-4)28-22(31)21(30)27-12-15-5-7-16(26)8-6-15/h5-11,18H,12-14H2,1-4H3,(H,27,30)(H,28,31). The zero-order valence-corrected chi connectivity index (χ0v) is 21.2. The number of ether oxygens (including phenoxy) is 3. The molecule has 0 aliphatic carbocycles. The summed E-state index contributed by atoms with van der Waals surface area (Å²) in [5.41, 5.74) is 0.270. The van der Waals surface area contributed by atoms with Gasteiger partial charge in [-0.25, -0.2) is 9.59 Å². The number of hydrogen-bond acceptors (Lipinski definition) is 7. The molecule has 0 saturated carbocycles. The van der Waals surface area contributed by atoms with Gasteiger partial charge in [0.15, 0.2) is 0 Å². The Kier molecular flexibility index (Phi) is 8.41. The van der Waals surface area contributed by atoms with Crippen LogP contribution in [0.3, 0.4) is 0 Å². The third-order valence-corrected chi connectivity index (χ3v) is 5.27. The first-order chi connectivity index (χ1) is 16.9. The number of amides is 3. The van der Waals surface area contributed by atoms with E-state index in [4.69, 9.17) is 25.8 Å². The molecule has 1 saturated heterocycles. The summed E-state index contributed by atoms with van der Waals surface area (Å²) >= 11 is 5.84. The lowest BCUT2D eigenvalue weighted by Crippen LogP contribution is -2.57. The van der Waals surface area contributed by atoms with Crippen molar-refractivity contribution in [2.75, 3.05) is 25.5 Å². The third-order valence-electron chi connectivity index (χ3n) is 5.02. The van der Waals surface area contributed by atoms with Gasteiger partial charge in [0.2, 0.25) is 0 Å². The molecule has 1 aliphatic rings. The van der Waals surface area contributed by atoms with Crippen LogP contribution in [-0.4, -0.2) is 60.7 Å². The Hall–Kier alpha value is -3.79. The number of halogens is 1. The Morgan fingerprint density at radius 3 is 2.31 bits per heavy atom. The molecule has 192 valence electrons. The van der Waals surface area contributed by atoms with E-state index in [1.807, 2.05) is 0 Å². The SMILES string of the molecule is COC(=O)c1cc(OC2CN(C(=O)OC(C)(C)C)C2)ccc1NC(=O)C(=O)NCc1ccc(Cl)cc1. The lowest BCUT2D eigenvalue weighted by atomic mass is 10.1. The van der Waals surface area contributed by atoms with Gasteiger partial charge in [0.25, 0.3) is 0 Å². The minimum absolute atomic E-state index is 0.0113. The fraction of sp³-hybridized carbons (Fsp3) is 0.360. The van der Waals surface area contributed by atoms with Gasteiger partial charge in [0.1, 0.15) is 17.5 Å². The molecule has 3 amide bonds. The Labute approximate surface area is 213 Å². The van der Waals surface area contributed by atoms with Gasteiger partial charge < -0.3 is 29.7 Å². The van der Waals surface area contributed by atoms with Gasteiger partial charge in [-0.15, -0.1) is 0 Å². The molecule has 11 heteroatoms. The highest BCUT2D eigenvalue weighted by Crippen LogP contribution is 2.26. The van der Waals surface area contributed by atoms with Crippen LogP contribution in [0.5, 0.6) is 5.75 Å². The molecule has 10 nitrogen and oxygen atoms in total. The number of anilines is 1. The number of likely N-dealkylation sites (tertiary alicyclic amines) is 1. The van der Waals surface area contributed by atoms with E-state index < -0.39 is 29.5 Å². The highest BCUT2D eigenvalue weighted by molar-refractivity contribution is 6.40. The quantitative estimate of drug-likeness (QED) is 0.444. The number of hydrogen-bond donors (Lipinski definition) is 2. The maximum Gasteiger partial charge on any atom is 0.410 e. The normalized spacial score (nSPS) is 13.3. The predicted octanol–water partition coefficient (Wildman–Crippen LogP) is 3.38. The highest BCUT2D eigenvalue weighted by Gasteiger charge is 2.35. The number of methoxy groups -OCH3 is 1. The molecule has 0 spiro atoms. The lowest BCUT2D eigenvalue weighted by molar-refractivity contribution is -0.136. The largest absolute Gasteiger partial charge is 0.487 e. The second-order valence-electron chi connectivity index (χ2n) is 9.09. The maximum absolute atomic E-state index is 12.4. The molecule has 0 bridgehead atoms. The smallest absolute Gasteiger partial charge is 0.410 e. The first-order valence-electron chi connectivity index (χ1n) is 11.2. The molecule has 0 radical (unpaired) electrons. The molecule has 0 aromatic heterocycles. The molecular weight excluding hydrogens is 490 g/mol. The minimum atomic E-state index is -0.949. The van der Waals surface area contributed by atoms with E-state index in [0.717, 1.165) is 5.56 Å². The van der Waals surface area contributed by atoms with Crippen molar-refractivity contribution in [3.63, 3.8) is 0 Å². The zero-order chi connectivity index (χ0) is 26.5. The monoisotopic (exact) mass is 517 g/mol. The van der Waals surface area contributed by atoms with Crippen LogP contribution in [0, 0.1) is 0 Å². The summed E-state index contributed by atoms with van der Waals surface area (Å²) in [6, 6.07) is 11.2. The van der Waals surface area contributed by atoms with Crippen LogP contribution in [0.25, 0.3) is 0 Å². The minimum Gasteiger partial charge on any atom is -0.487 e. The molecule has 36 heavy (non-hydrogen) atoms. The molecule has 3 rings (SSSR count). The van der Waals surface area contributed by atoms with Crippen molar-refractivity contribution in [2.24, 2.45) is 0 Å². The van der Waals surface area contributed by atoms with Crippen molar-refractivity contribution in [1.29, 1.82) is 0 Å². The zero-order valence-electron chi connectivity index (χ0n) is 20.4. The number of carbonyl (C=O) groups is 4. The summed E-state index contributed by atoms with van der Waals surface area (Å²) in [7, 11) is 1.20. The van der Waals surface area contributed by atoms with Crippen LogP contribution >= 0.6 is 11.6 Å². The fourth-order valence-electron chi connectivity index (χ4n) is 3.21. The number of nitrogens with zero attached hydrogens (tertiary/aromatic N) is 1. The molecule has 1 aliphatic heterocycles. The highest BCUT2D eigenvalue weighted by atomic mass is 35.5. The van der Waals surface area contributed by atoms with Crippen molar-refractivity contribution in [3.8, 4) is 5.75 Å². The molecule has 0 unspecified atom stereocenters. The molecule has 2 N–H and O–H groups in total. The van der Waals surface area contributed by atoms with Crippen LogP contribution in [0.15, 0.2) is 42.5 Å². The number of nitrogens with one attached hydrogen (secondary N) is 2. The lowest BCUT2D eigenvalue weighted by Gasteiger charge is -2.39. The number of carbonyl (C=O) groups excluding carboxylic acids is 4. The molecule has 1 fully saturated rings. The third kappa shape index (κ3) is 7.35. The predicted molar refractivity (Wildman–Crippen MR) is 132 cm³/mol. The van der Waals surface area contributed by atoms with E-state index in [2.05, 4.69) is 10.6 Å². The summed E-state index contributed by atoms with van der Waals surface area (Å²) in [5.74, 6) is -2.21. The second kappa shape index (κ2) is 11.3. The molecular formula is C25H28ClN3O7. The molecule has 0 atom stereocenters. The Balaban J connectivity index is 1.59. The first kappa shape index (κ1) is 26.8. The van der Waals surface area contributed by atoms with Crippen molar-refractivity contribution >= 4 is 41.2 Å². The first-order valence-corrected chi connectivity index (χ1v) is 11.5. The number of rotatable bonds is 6. The van der Waals surface area contributed by atoms with Gasteiger partial charge in [-0.1, -0.05) is 23.7 Å². The van der Waals surface area contributed by atoms with Crippen molar-refractivity contribution in [1.82, 2.24) is 10.2 Å². The van der Waals surface area contributed by atoms with Crippen LogP contribution in [0.1, 0.15) is 36.7 Å². The van der Waals surface area contributed by atoms with Crippen LogP contribution in [0.4, 0.5) is 10.5 Å². The summed E-state index contributed by atoms with van der Waals surface area (Å²) < 4.78 is 16.0. The number of benzene rings is 2. The van der Waals surface area contributed by atoms with Crippen molar-refractivity contribution < 1.29 is 33.4 Å². The second-order valence-corrected chi connectivity index (χ2v) is 9.52. The molecule has 2 aromatic carbocycles. The van der Waals surface area contributed by atoms with Gasteiger partial charge in [-0.3, -0.25) is 9.59 Å². The average Bonchev–Trinajstić information content (AvgIpc) is 2.79. The van der Waals surface area contributed by atoms with E-state index in [1.54, 1.807) is 51.1 Å². The van der Waals surface area contributed by atoms with E-state index in [1.165, 1.54) is 24.1 Å². The average molecular weight is 518 g/mol. The van der Waals surface area contributed by atoms with Crippen LogP contribution in [-0.2, 0) is 25.6 Å². The van der Waals surface area contributed by atoms with Crippen LogP contribution < -0.4 is 15.4 Å². The number of esters is 1. The summed E-state index contributed by atoms with van der Waals surface area (Å²) in [5, 5.41) is 5.49. The van der Waals surface area contributed by atoms with Gasteiger partial charge in [0, 0.05) is 11.6 Å². The Morgan fingerprint density at radius 2 is 1.69 bits per heavy atom. The van der Waals surface area contributed by atoms with Crippen LogP contribution in [0.2, 0.25) is 5.02 Å². The van der Waals surface area contributed by atoms with Gasteiger partial charge in [0.05, 0.1) is 31.5 Å². The van der Waals surface area contributed by atoms with Gasteiger partial charge in [-0.05, 0) is 56.7 Å². The van der Waals surface area contributed by atoms with E-state index in [0.29, 0.717) is 23.9 Å². The van der Waals surface area contributed by atoms with E-state index in [-0.39, 0.29) is 23.9 Å². The summed E-state index contributed by atoms with van der Waals surface area (Å²) in [6.45, 7) is 6.15. The van der Waals surface area contributed by atoms with E-state index in [9.17, 15) is 19.2 Å².